The maximum atomic E-state index is 14.3. The van der Waals surface area contributed by atoms with Gasteiger partial charge in [0.05, 0.1) is 0 Å². The van der Waals surface area contributed by atoms with E-state index in [2.05, 4.69) is 4.98 Å². The molecule has 3 N–H and O–H groups in total. The molecule has 0 amide bonds. The molecule has 18 heavy (non-hydrogen) atoms. The van der Waals surface area contributed by atoms with E-state index >= 15 is 0 Å². The third kappa shape index (κ3) is 1.65. The highest BCUT2D eigenvalue weighted by Gasteiger charge is 2.36. The van der Waals surface area contributed by atoms with Crippen molar-refractivity contribution in [3.8, 4) is 0 Å². The molecule has 1 aromatic heterocycles. The molecule has 0 bridgehead atoms. The number of hydrogen-bond acceptors (Lipinski definition) is 1. The molecule has 0 aliphatic heterocycles. The van der Waals surface area contributed by atoms with E-state index in [0.29, 0.717) is 6.54 Å². The number of aromatic amines is 1. The highest BCUT2D eigenvalue weighted by Crippen LogP contribution is 2.42. The Bertz CT molecular complexity index is 579. The van der Waals surface area contributed by atoms with E-state index in [1.807, 2.05) is 19.1 Å². The Balaban J connectivity index is 2.18. The number of H-pyrrole nitrogens is 1. The Kier molecular flexibility index (Phi) is 2.67. The number of rotatable bonds is 2. The molecule has 0 unspecified atom stereocenters. The average Bonchev–Trinajstić information content (AvgIpc) is 2.93. The molecule has 3 rings (SSSR count). The van der Waals surface area contributed by atoms with Gasteiger partial charge in [0.15, 0.2) is 0 Å². The summed E-state index contributed by atoms with van der Waals surface area (Å²) < 4.78 is 14.3. The lowest BCUT2D eigenvalue weighted by molar-refractivity contribution is 0.427. The quantitative estimate of drug-likeness (QED) is 0.838. The lowest BCUT2D eigenvalue weighted by Crippen LogP contribution is -2.33. The average molecular weight is 246 g/mol. The fraction of sp³-hybridized carbons (Fsp3) is 0.467. The maximum absolute atomic E-state index is 14.3. The van der Waals surface area contributed by atoms with E-state index in [1.54, 1.807) is 6.07 Å². The van der Waals surface area contributed by atoms with Gasteiger partial charge >= 0.3 is 0 Å². The number of aromatic nitrogens is 1. The summed E-state index contributed by atoms with van der Waals surface area (Å²) in [5, 5.41) is 0.943. The third-order valence-corrected chi connectivity index (χ3v) is 4.37. The molecule has 1 aliphatic rings. The van der Waals surface area contributed by atoms with E-state index < -0.39 is 0 Å². The second-order valence-electron chi connectivity index (χ2n) is 5.56. The molecule has 1 fully saturated rings. The van der Waals surface area contributed by atoms with Gasteiger partial charge in [-0.15, -0.1) is 0 Å². The van der Waals surface area contributed by atoms with Crippen molar-refractivity contribution in [1.29, 1.82) is 0 Å². The van der Waals surface area contributed by atoms with Crippen LogP contribution in [0.2, 0.25) is 0 Å². The van der Waals surface area contributed by atoms with Gasteiger partial charge in [0, 0.05) is 28.6 Å². The van der Waals surface area contributed by atoms with Gasteiger partial charge in [-0.2, -0.15) is 0 Å². The molecule has 96 valence electrons. The van der Waals surface area contributed by atoms with Crippen LogP contribution in [-0.2, 0) is 5.41 Å². The number of aryl methyl sites for hydroxylation is 1. The van der Waals surface area contributed by atoms with Crippen LogP contribution in [0.25, 0.3) is 10.9 Å². The van der Waals surface area contributed by atoms with Gasteiger partial charge in [-0.3, -0.25) is 0 Å². The SMILES string of the molecule is Cc1cc2cc(F)c(C3(CN)CCCC3)cc2[nH]1. The Morgan fingerprint density at radius 1 is 1.28 bits per heavy atom. The molecular formula is C15H19FN2. The zero-order valence-corrected chi connectivity index (χ0v) is 10.7. The standard InChI is InChI=1S/C15H19FN2/c1-10-6-11-7-13(16)12(8-14(11)18-10)15(9-17)4-2-3-5-15/h6-8,18H,2-5,9,17H2,1H3. The second kappa shape index (κ2) is 4.09. The van der Waals surface area contributed by atoms with E-state index in [9.17, 15) is 4.39 Å². The summed E-state index contributed by atoms with van der Waals surface area (Å²) in [5.41, 5.74) is 8.69. The van der Waals surface area contributed by atoms with Crippen molar-refractivity contribution in [2.45, 2.75) is 38.0 Å². The predicted octanol–water partition coefficient (Wildman–Crippen LogP) is 3.39. The monoisotopic (exact) mass is 246 g/mol. The summed E-state index contributed by atoms with van der Waals surface area (Å²) >= 11 is 0. The minimum Gasteiger partial charge on any atom is -0.359 e. The van der Waals surface area contributed by atoms with Gasteiger partial charge in [0.2, 0.25) is 0 Å². The fourth-order valence-electron chi connectivity index (χ4n) is 3.34. The van der Waals surface area contributed by atoms with Gasteiger partial charge < -0.3 is 10.7 Å². The molecule has 0 spiro atoms. The Hall–Kier alpha value is -1.35. The summed E-state index contributed by atoms with van der Waals surface area (Å²) in [6.45, 7) is 2.53. The summed E-state index contributed by atoms with van der Waals surface area (Å²) in [5.74, 6) is -0.103. The molecular weight excluding hydrogens is 227 g/mol. The van der Waals surface area contributed by atoms with Crippen molar-refractivity contribution in [1.82, 2.24) is 4.98 Å². The van der Waals surface area contributed by atoms with E-state index in [0.717, 1.165) is 47.8 Å². The first-order chi connectivity index (χ1) is 8.64. The number of benzene rings is 1. The van der Waals surface area contributed by atoms with Crippen LogP contribution in [0.5, 0.6) is 0 Å². The van der Waals surface area contributed by atoms with Gasteiger partial charge in [0.1, 0.15) is 5.82 Å². The van der Waals surface area contributed by atoms with E-state index in [1.165, 1.54) is 0 Å². The van der Waals surface area contributed by atoms with E-state index in [-0.39, 0.29) is 11.2 Å². The van der Waals surface area contributed by atoms with Gasteiger partial charge in [-0.05, 0) is 43.5 Å². The highest BCUT2D eigenvalue weighted by molar-refractivity contribution is 5.81. The minimum absolute atomic E-state index is 0.103. The van der Waals surface area contributed by atoms with Crippen molar-refractivity contribution in [3.05, 3.63) is 35.3 Å². The van der Waals surface area contributed by atoms with Gasteiger partial charge in [-0.1, -0.05) is 12.8 Å². The zero-order valence-electron chi connectivity index (χ0n) is 10.7. The predicted molar refractivity (Wildman–Crippen MR) is 72.2 cm³/mol. The Morgan fingerprint density at radius 3 is 2.67 bits per heavy atom. The highest BCUT2D eigenvalue weighted by atomic mass is 19.1. The molecule has 3 heteroatoms. The van der Waals surface area contributed by atoms with Crippen LogP contribution in [0.15, 0.2) is 18.2 Å². The number of fused-ring (bicyclic) bond motifs is 1. The summed E-state index contributed by atoms with van der Waals surface area (Å²) in [4.78, 5) is 3.28. The zero-order chi connectivity index (χ0) is 12.8. The summed E-state index contributed by atoms with van der Waals surface area (Å²) in [6, 6.07) is 5.59. The van der Waals surface area contributed by atoms with Crippen LogP contribution in [-0.4, -0.2) is 11.5 Å². The smallest absolute Gasteiger partial charge is 0.127 e. The van der Waals surface area contributed by atoms with E-state index in [4.69, 9.17) is 5.73 Å². The summed E-state index contributed by atoms with van der Waals surface area (Å²) in [6.07, 6.45) is 4.31. The number of nitrogens with two attached hydrogens (primary N) is 1. The van der Waals surface area contributed by atoms with Crippen molar-refractivity contribution in [2.75, 3.05) is 6.54 Å². The van der Waals surface area contributed by atoms with Crippen LogP contribution in [0.3, 0.4) is 0 Å². The molecule has 0 atom stereocenters. The molecule has 1 saturated carbocycles. The first-order valence-corrected chi connectivity index (χ1v) is 6.64. The van der Waals surface area contributed by atoms with Crippen LogP contribution in [0.4, 0.5) is 4.39 Å². The lowest BCUT2D eigenvalue weighted by Gasteiger charge is -2.28. The van der Waals surface area contributed by atoms with Crippen molar-refractivity contribution >= 4 is 10.9 Å². The normalized spacial score (nSPS) is 18.6. The third-order valence-electron chi connectivity index (χ3n) is 4.37. The topological polar surface area (TPSA) is 41.8 Å². The molecule has 2 nitrogen and oxygen atoms in total. The number of halogens is 1. The number of hydrogen-bond donors (Lipinski definition) is 2. The van der Waals surface area contributed by atoms with Crippen molar-refractivity contribution < 1.29 is 4.39 Å². The van der Waals surface area contributed by atoms with Crippen LogP contribution < -0.4 is 5.73 Å². The minimum atomic E-state index is -0.142. The molecule has 1 heterocycles. The molecule has 0 radical (unpaired) electrons. The largest absolute Gasteiger partial charge is 0.359 e. The number of nitrogens with one attached hydrogen (secondary N) is 1. The van der Waals surface area contributed by atoms with Crippen LogP contribution >= 0.6 is 0 Å². The van der Waals surface area contributed by atoms with Crippen molar-refractivity contribution in [3.63, 3.8) is 0 Å². The Labute approximate surface area is 106 Å². The van der Waals surface area contributed by atoms with Gasteiger partial charge in [0.25, 0.3) is 0 Å². The second-order valence-corrected chi connectivity index (χ2v) is 5.56. The fourth-order valence-corrected chi connectivity index (χ4v) is 3.34. The first-order valence-electron chi connectivity index (χ1n) is 6.64. The van der Waals surface area contributed by atoms with Crippen LogP contribution in [0.1, 0.15) is 36.9 Å². The van der Waals surface area contributed by atoms with Crippen molar-refractivity contribution in [2.24, 2.45) is 5.73 Å². The maximum Gasteiger partial charge on any atom is 0.127 e. The molecule has 1 aromatic carbocycles. The lowest BCUT2D eigenvalue weighted by atomic mass is 9.78. The molecule has 1 aliphatic carbocycles. The summed E-state index contributed by atoms with van der Waals surface area (Å²) in [7, 11) is 0. The first kappa shape index (κ1) is 11.7. The van der Waals surface area contributed by atoms with Crippen LogP contribution in [0, 0.1) is 12.7 Å². The molecule has 2 aromatic rings. The van der Waals surface area contributed by atoms with Gasteiger partial charge in [-0.25, -0.2) is 4.39 Å². The molecule has 0 saturated heterocycles. The Morgan fingerprint density at radius 2 is 2.00 bits per heavy atom.